The maximum absolute atomic E-state index is 13.4. The summed E-state index contributed by atoms with van der Waals surface area (Å²) in [4.78, 5) is 17.0. The van der Waals surface area contributed by atoms with Gasteiger partial charge in [0.2, 0.25) is 0 Å². The second-order valence-corrected chi connectivity index (χ2v) is 5.38. The second-order valence-electron chi connectivity index (χ2n) is 5.38. The molecule has 3 rings (SSSR count). The summed E-state index contributed by atoms with van der Waals surface area (Å²) in [6, 6.07) is 6.44. The van der Waals surface area contributed by atoms with E-state index in [1.165, 1.54) is 30.7 Å². The van der Waals surface area contributed by atoms with E-state index in [9.17, 15) is 18.7 Å². The molecule has 0 amide bonds. The van der Waals surface area contributed by atoms with Crippen LogP contribution in [0.5, 0.6) is 5.75 Å². The molecule has 0 bridgehead atoms. The zero-order chi connectivity index (χ0) is 18.1. The Hall–Kier alpha value is -3.00. The van der Waals surface area contributed by atoms with Gasteiger partial charge < -0.3 is 15.2 Å². The zero-order valence-electron chi connectivity index (χ0n) is 13.5. The highest BCUT2D eigenvalue weighted by Gasteiger charge is 2.19. The van der Waals surface area contributed by atoms with E-state index in [0.717, 1.165) is 12.1 Å². The topological polar surface area (TPSA) is 75.9 Å². The summed E-state index contributed by atoms with van der Waals surface area (Å²) in [6.45, 7) is 1.42. The lowest BCUT2D eigenvalue weighted by Crippen LogP contribution is -2.23. The number of nitrogens with one attached hydrogen (secondary N) is 1. The predicted molar refractivity (Wildman–Crippen MR) is 88.3 cm³/mol. The van der Waals surface area contributed by atoms with Crippen LogP contribution in [0, 0.1) is 11.6 Å². The molecule has 1 atom stereocenters. The van der Waals surface area contributed by atoms with Crippen molar-refractivity contribution in [2.45, 2.75) is 13.0 Å². The number of halogens is 2. The van der Waals surface area contributed by atoms with Crippen molar-refractivity contribution in [1.82, 2.24) is 9.38 Å². The second kappa shape index (κ2) is 6.48. The summed E-state index contributed by atoms with van der Waals surface area (Å²) in [7, 11) is 1.44. The van der Waals surface area contributed by atoms with Crippen LogP contribution in [-0.4, -0.2) is 21.6 Å². The smallest absolute Gasteiger partial charge is 0.265 e. The highest BCUT2D eigenvalue weighted by Crippen LogP contribution is 2.25. The fraction of sp³-hybridized carbons (Fsp3) is 0.176. The van der Waals surface area contributed by atoms with E-state index >= 15 is 0 Å². The van der Waals surface area contributed by atoms with E-state index in [1.807, 2.05) is 0 Å². The molecule has 0 aliphatic heterocycles. The molecule has 6 nitrogen and oxygen atoms in total. The summed E-state index contributed by atoms with van der Waals surface area (Å²) in [6.07, 6.45) is 0.372. The van der Waals surface area contributed by atoms with Gasteiger partial charge in [-0.05, 0) is 31.2 Å². The number of anilines is 2. The first kappa shape index (κ1) is 16.8. The van der Waals surface area contributed by atoms with Crippen LogP contribution in [0.15, 0.2) is 41.3 Å². The van der Waals surface area contributed by atoms with Crippen molar-refractivity contribution in [3.05, 3.63) is 64.1 Å². The van der Waals surface area contributed by atoms with Crippen molar-refractivity contribution in [2.24, 2.45) is 0 Å². The fourth-order valence-corrected chi connectivity index (χ4v) is 2.49. The maximum atomic E-state index is 13.4. The monoisotopic (exact) mass is 347 g/mol. The number of nitrogens with zero attached hydrogens (tertiary/aromatic N) is 2. The molecule has 0 saturated heterocycles. The van der Waals surface area contributed by atoms with Gasteiger partial charge in [0.1, 0.15) is 5.82 Å². The van der Waals surface area contributed by atoms with Crippen molar-refractivity contribution < 1.29 is 18.6 Å². The number of aromatic nitrogens is 2. The third-order valence-corrected chi connectivity index (χ3v) is 3.67. The molecule has 0 spiro atoms. The molecular weight excluding hydrogens is 332 g/mol. The molecule has 0 radical (unpaired) electrons. The average molecular weight is 347 g/mol. The molecule has 25 heavy (non-hydrogen) atoms. The molecule has 3 aromatic rings. The number of aliphatic hydroxyl groups is 1. The number of rotatable bonds is 4. The van der Waals surface area contributed by atoms with Crippen molar-refractivity contribution >= 4 is 17.2 Å². The van der Waals surface area contributed by atoms with E-state index in [1.54, 1.807) is 12.1 Å². The number of hydrogen-bond donors (Lipinski definition) is 2. The summed E-state index contributed by atoms with van der Waals surface area (Å²) >= 11 is 0. The van der Waals surface area contributed by atoms with Crippen LogP contribution in [0.1, 0.15) is 18.6 Å². The van der Waals surface area contributed by atoms with Gasteiger partial charge in [0.25, 0.3) is 5.56 Å². The van der Waals surface area contributed by atoms with Crippen LogP contribution < -0.4 is 15.6 Å². The molecular formula is C17H15F2N3O3. The zero-order valence-corrected chi connectivity index (χ0v) is 13.5. The minimum absolute atomic E-state index is 0.00418. The largest absolute Gasteiger partial charge is 0.493 e. The molecule has 1 aromatic carbocycles. The minimum Gasteiger partial charge on any atom is -0.493 e. The Morgan fingerprint density at radius 1 is 1.28 bits per heavy atom. The quantitative estimate of drug-likeness (QED) is 0.759. The van der Waals surface area contributed by atoms with Gasteiger partial charge >= 0.3 is 0 Å². The molecule has 0 fully saturated rings. The van der Waals surface area contributed by atoms with E-state index in [-0.39, 0.29) is 22.7 Å². The summed E-state index contributed by atoms with van der Waals surface area (Å²) in [5.41, 5.74) is -0.0871. The SMILES string of the molecule is COc1cccn2c(=O)c(C(C)O)c(Nc3ccc(F)c(F)c3)nc12. The van der Waals surface area contributed by atoms with Crippen molar-refractivity contribution in [1.29, 1.82) is 0 Å². The van der Waals surface area contributed by atoms with Gasteiger partial charge in [-0.3, -0.25) is 9.20 Å². The molecule has 2 N–H and O–H groups in total. The standard InChI is InChI=1S/C17H15F2N3O3/c1-9(23)14-15(20-10-5-6-11(18)12(19)8-10)21-16-13(25-2)4-3-7-22(16)17(14)24/h3-9,20,23H,1-2H3. The Morgan fingerprint density at radius 2 is 2.04 bits per heavy atom. The first-order chi connectivity index (χ1) is 11.9. The number of fused-ring (bicyclic) bond motifs is 1. The molecule has 0 aliphatic carbocycles. The van der Waals surface area contributed by atoms with Gasteiger partial charge in [-0.25, -0.2) is 13.8 Å². The highest BCUT2D eigenvalue weighted by atomic mass is 19.2. The summed E-state index contributed by atoms with van der Waals surface area (Å²) < 4.78 is 33.0. The van der Waals surface area contributed by atoms with E-state index in [2.05, 4.69) is 10.3 Å². The summed E-state index contributed by atoms with van der Waals surface area (Å²) in [5, 5.41) is 12.7. The lowest BCUT2D eigenvalue weighted by Gasteiger charge is -2.15. The van der Waals surface area contributed by atoms with Gasteiger partial charge in [0, 0.05) is 18.0 Å². The third kappa shape index (κ3) is 3.03. The number of methoxy groups -OCH3 is 1. The number of pyridine rings is 1. The molecule has 0 aliphatic rings. The molecule has 2 heterocycles. The normalized spacial score (nSPS) is 12.2. The van der Waals surface area contributed by atoms with Crippen molar-refractivity contribution in [2.75, 3.05) is 12.4 Å². The molecule has 8 heteroatoms. The van der Waals surface area contributed by atoms with Crippen molar-refractivity contribution in [3.8, 4) is 5.75 Å². The molecule has 2 aromatic heterocycles. The van der Waals surface area contributed by atoms with E-state index in [4.69, 9.17) is 4.74 Å². The van der Waals surface area contributed by atoms with Crippen molar-refractivity contribution in [3.63, 3.8) is 0 Å². The van der Waals surface area contributed by atoms with E-state index < -0.39 is 23.3 Å². The van der Waals surface area contributed by atoms with Crippen LogP contribution >= 0.6 is 0 Å². The first-order valence-electron chi connectivity index (χ1n) is 7.41. The van der Waals surface area contributed by atoms with Crippen LogP contribution in [0.4, 0.5) is 20.3 Å². The van der Waals surface area contributed by atoms with Gasteiger partial charge in [-0.2, -0.15) is 0 Å². The third-order valence-electron chi connectivity index (χ3n) is 3.67. The molecule has 0 saturated carbocycles. The van der Waals surface area contributed by atoms with Gasteiger partial charge in [0.05, 0.1) is 18.8 Å². The number of hydrogen-bond acceptors (Lipinski definition) is 5. The van der Waals surface area contributed by atoms with Gasteiger partial charge in [-0.15, -0.1) is 0 Å². The van der Waals surface area contributed by atoms with Crippen LogP contribution in [-0.2, 0) is 0 Å². The number of aliphatic hydroxyl groups excluding tert-OH is 1. The highest BCUT2D eigenvalue weighted by molar-refractivity contribution is 5.65. The Morgan fingerprint density at radius 3 is 2.68 bits per heavy atom. The Bertz CT molecular complexity index is 1000. The van der Waals surface area contributed by atoms with E-state index in [0.29, 0.717) is 5.75 Å². The van der Waals surface area contributed by atoms with Gasteiger partial charge in [-0.1, -0.05) is 0 Å². The predicted octanol–water partition coefficient (Wildman–Crippen LogP) is 2.78. The van der Waals surface area contributed by atoms with Crippen LogP contribution in [0.25, 0.3) is 5.65 Å². The number of benzene rings is 1. The molecule has 130 valence electrons. The van der Waals surface area contributed by atoms with Crippen LogP contribution in [0.3, 0.4) is 0 Å². The minimum atomic E-state index is -1.13. The maximum Gasteiger partial charge on any atom is 0.265 e. The summed E-state index contributed by atoms with van der Waals surface area (Å²) in [5.74, 6) is -1.64. The Labute approximate surface area is 141 Å². The Balaban J connectivity index is 2.23. The van der Waals surface area contributed by atoms with Crippen LogP contribution in [0.2, 0.25) is 0 Å². The fourth-order valence-electron chi connectivity index (χ4n) is 2.49. The lowest BCUT2D eigenvalue weighted by atomic mass is 10.2. The first-order valence-corrected chi connectivity index (χ1v) is 7.41. The molecule has 1 unspecified atom stereocenters. The number of ether oxygens (including phenoxy) is 1. The lowest BCUT2D eigenvalue weighted by molar-refractivity contribution is 0.198. The van der Waals surface area contributed by atoms with Gasteiger partial charge in [0.15, 0.2) is 23.0 Å². The average Bonchev–Trinajstić information content (AvgIpc) is 2.57. The Kier molecular flexibility index (Phi) is 4.37.